The number of aromatic nitrogens is 4. The molecule has 1 N–H and O–H groups in total. The summed E-state index contributed by atoms with van der Waals surface area (Å²) in [5.74, 6) is 2.07. The maximum atomic E-state index is 12.7. The fourth-order valence-electron chi connectivity index (χ4n) is 3.79. The summed E-state index contributed by atoms with van der Waals surface area (Å²) in [6.07, 6.45) is 1.66. The van der Waals surface area contributed by atoms with Crippen LogP contribution in [-0.4, -0.2) is 37.4 Å². The van der Waals surface area contributed by atoms with Crippen molar-refractivity contribution in [2.24, 2.45) is 0 Å². The molecule has 138 valence electrons. The molecule has 0 saturated heterocycles. The predicted molar refractivity (Wildman–Crippen MR) is 105 cm³/mol. The summed E-state index contributed by atoms with van der Waals surface area (Å²) in [6.45, 7) is 0.570. The summed E-state index contributed by atoms with van der Waals surface area (Å²) in [7, 11) is 0. The molecule has 5 rings (SSSR count). The minimum atomic E-state index is -0.0371. The van der Waals surface area contributed by atoms with Crippen molar-refractivity contribution in [3.8, 4) is 11.5 Å². The Morgan fingerprint density at radius 1 is 1.11 bits per heavy atom. The van der Waals surface area contributed by atoms with Crippen molar-refractivity contribution >= 4 is 25.2 Å². The van der Waals surface area contributed by atoms with Gasteiger partial charge in [-0.15, -0.1) is 10.2 Å². The average Bonchev–Trinajstić information content (AvgIpc) is 3.36. The molecule has 0 aliphatic carbocycles. The molecule has 0 radical (unpaired) electrons. The minimum absolute atomic E-state index is 0. The van der Waals surface area contributed by atoms with Crippen molar-refractivity contribution in [1.29, 1.82) is 0 Å². The molecule has 2 aromatic heterocycles. The lowest BCUT2D eigenvalue weighted by atomic mass is 10.1. The van der Waals surface area contributed by atoms with Crippen molar-refractivity contribution in [2.45, 2.75) is 25.4 Å². The first-order chi connectivity index (χ1) is 12.8. The molecule has 0 fully saturated rings. The summed E-state index contributed by atoms with van der Waals surface area (Å²) in [4.78, 5) is 19.1. The van der Waals surface area contributed by atoms with Crippen LogP contribution in [-0.2, 0) is 13.0 Å². The molecule has 8 heteroatoms. The number of carbonyl (C=O) groups excluding carboxylic acids is 1. The van der Waals surface area contributed by atoms with Gasteiger partial charge in [-0.25, -0.2) is 4.98 Å². The summed E-state index contributed by atoms with van der Waals surface area (Å²) in [6, 6.07) is 13.2. The van der Waals surface area contributed by atoms with E-state index >= 15 is 0 Å². The number of carbonyl (C=O) groups is 1. The van der Waals surface area contributed by atoms with Crippen LogP contribution >= 0.6 is 13.5 Å². The van der Waals surface area contributed by atoms with Crippen LogP contribution in [0.15, 0.2) is 42.5 Å². The first-order valence-electron chi connectivity index (χ1n) is 8.68. The van der Waals surface area contributed by atoms with Gasteiger partial charge in [0.2, 0.25) is 0 Å². The maximum Gasteiger partial charge on any atom is 0.260 e. The molecule has 1 atom stereocenters. The molecule has 0 bridgehead atoms. The molecular formula is C19H19N5O2S. The van der Waals surface area contributed by atoms with Crippen LogP contribution in [0.25, 0.3) is 11.5 Å². The Balaban J connectivity index is 0.00000180. The Morgan fingerprint density at radius 3 is 2.78 bits per heavy atom. The van der Waals surface area contributed by atoms with Crippen molar-refractivity contribution in [3.63, 3.8) is 0 Å². The first-order valence-corrected chi connectivity index (χ1v) is 8.68. The Labute approximate surface area is 163 Å². The van der Waals surface area contributed by atoms with E-state index in [1.54, 1.807) is 4.90 Å². The molecule has 1 amide bonds. The van der Waals surface area contributed by atoms with Crippen LogP contribution < -0.4 is 4.90 Å². The molecule has 0 unspecified atom stereocenters. The van der Waals surface area contributed by atoms with Crippen LogP contribution in [0.5, 0.6) is 0 Å². The van der Waals surface area contributed by atoms with Crippen LogP contribution in [0, 0.1) is 0 Å². The van der Waals surface area contributed by atoms with Gasteiger partial charge in [0.05, 0.1) is 19.2 Å². The van der Waals surface area contributed by atoms with Crippen molar-refractivity contribution in [1.82, 2.24) is 19.7 Å². The lowest BCUT2D eigenvalue weighted by Crippen LogP contribution is -2.24. The number of aliphatic hydroxyl groups excluding tert-OH is 1. The van der Waals surface area contributed by atoms with E-state index in [0.717, 1.165) is 29.8 Å². The number of hydrogen-bond donors (Lipinski definition) is 1. The Hall–Kier alpha value is -2.71. The lowest BCUT2D eigenvalue weighted by Gasteiger charge is -2.16. The zero-order valence-electron chi connectivity index (χ0n) is 14.5. The highest BCUT2D eigenvalue weighted by Gasteiger charge is 2.30. The van der Waals surface area contributed by atoms with E-state index in [1.165, 1.54) is 0 Å². The summed E-state index contributed by atoms with van der Waals surface area (Å²) < 4.78 is 1.96. The number of fused-ring (bicyclic) bond motifs is 2. The Morgan fingerprint density at radius 2 is 1.96 bits per heavy atom. The molecule has 7 nitrogen and oxygen atoms in total. The smallest absolute Gasteiger partial charge is 0.260 e. The average molecular weight is 381 g/mol. The maximum absolute atomic E-state index is 12.7. The fourth-order valence-corrected chi connectivity index (χ4v) is 3.79. The first kappa shape index (κ1) is 17.7. The van der Waals surface area contributed by atoms with Gasteiger partial charge in [-0.1, -0.05) is 24.3 Å². The topological polar surface area (TPSA) is 84.1 Å². The number of rotatable bonds is 3. The van der Waals surface area contributed by atoms with Crippen LogP contribution in [0.4, 0.5) is 5.82 Å². The van der Waals surface area contributed by atoms with E-state index in [9.17, 15) is 9.90 Å². The van der Waals surface area contributed by atoms with Gasteiger partial charge in [0.15, 0.2) is 5.82 Å². The number of hydrogen-bond acceptors (Lipinski definition) is 5. The quantitative estimate of drug-likeness (QED) is 0.751. The van der Waals surface area contributed by atoms with E-state index in [1.807, 2.05) is 47.0 Å². The summed E-state index contributed by atoms with van der Waals surface area (Å²) in [5, 5.41) is 18.1. The number of benzene rings is 1. The number of pyridine rings is 1. The molecule has 2 aliphatic heterocycles. The molecule has 1 aromatic carbocycles. The second-order valence-electron chi connectivity index (χ2n) is 6.61. The van der Waals surface area contributed by atoms with Gasteiger partial charge in [0, 0.05) is 12.0 Å². The Bertz CT molecular complexity index is 1020. The number of anilines is 1. The number of aryl methyl sites for hydroxylation is 1. The van der Waals surface area contributed by atoms with E-state index in [2.05, 4.69) is 15.2 Å². The van der Waals surface area contributed by atoms with Gasteiger partial charge in [-0.2, -0.15) is 13.5 Å². The highest BCUT2D eigenvalue weighted by molar-refractivity contribution is 7.59. The zero-order valence-corrected chi connectivity index (χ0v) is 15.5. The van der Waals surface area contributed by atoms with E-state index in [0.29, 0.717) is 23.9 Å². The summed E-state index contributed by atoms with van der Waals surface area (Å²) >= 11 is 0. The lowest BCUT2D eigenvalue weighted by molar-refractivity contribution is 0.0996. The van der Waals surface area contributed by atoms with Gasteiger partial charge in [0.1, 0.15) is 17.3 Å². The number of amides is 1. The zero-order chi connectivity index (χ0) is 17.7. The molecular weight excluding hydrogens is 362 g/mol. The molecule has 2 aliphatic rings. The van der Waals surface area contributed by atoms with Gasteiger partial charge >= 0.3 is 0 Å². The standard InChI is InChI=1S/C19H17N5O2.H2S/c25-11-13-8-9-17-21-22-18(24(13)17)15-6-3-7-16(20-15)23-10-12-4-1-2-5-14(12)19(23)26;/h1-7,13,25H,8-11H2;1H2/t13-;/m0./s1. The number of aliphatic hydroxyl groups is 1. The predicted octanol–water partition coefficient (Wildman–Crippen LogP) is 2.09. The van der Waals surface area contributed by atoms with E-state index < -0.39 is 0 Å². The van der Waals surface area contributed by atoms with Crippen LogP contribution in [0.1, 0.15) is 34.2 Å². The molecule has 0 spiro atoms. The van der Waals surface area contributed by atoms with Crippen molar-refractivity contribution in [3.05, 3.63) is 59.4 Å². The van der Waals surface area contributed by atoms with Crippen molar-refractivity contribution in [2.75, 3.05) is 11.5 Å². The highest BCUT2D eigenvalue weighted by atomic mass is 32.1. The second kappa shape index (κ2) is 6.79. The van der Waals surface area contributed by atoms with Gasteiger partial charge in [0.25, 0.3) is 5.91 Å². The molecule has 0 saturated carbocycles. The van der Waals surface area contributed by atoms with Gasteiger partial charge < -0.3 is 9.67 Å². The van der Waals surface area contributed by atoms with Crippen LogP contribution in [0.3, 0.4) is 0 Å². The fraction of sp³-hybridized carbons (Fsp3) is 0.263. The largest absolute Gasteiger partial charge is 0.394 e. The third-order valence-corrected chi connectivity index (χ3v) is 5.10. The van der Waals surface area contributed by atoms with Crippen molar-refractivity contribution < 1.29 is 9.90 Å². The van der Waals surface area contributed by atoms with E-state index in [-0.39, 0.29) is 32.1 Å². The molecule has 4 heterocycles. The van der Waals surface area contributed by atoms with E-state index in [4.69, 9.17) is 0 Å². The third kappa shape index (κ3) is 2.72. The van der Waals surface area contributed by atoms with Gasteiger partial charge in [-0.05, 0) is 30.2 Å². The monoisotopic (exact) mass is 381 g/mol. The Kier molecular flexibility index (Phi) is 4.45. The number of nitrogens with zero attached hydrogens (tertiary/aromatic N) is 5. The minimum Gasteiger partial charge on any atom is -0.394 e. The second-order valence-corrected chi connectivity index (χ2v) is 6.61. The summed E-state index contributed by atoms with van der Waals surface area (Å²) in [5.41, 5.74) is 2.39. The molecule has 27 heavy (non-hydrogen) atoms. The normalized spacial score (nSPS) is 17.6. The third-order valence-electron chi connectivity index (χ3n) is 5.10. The van der Waals surface area contributed by atoms with Crippen LogP contribution in [0.2, 0.25) is 0 Å². The van der Waals surface area contributed by atoms with Gasteiger partial charge in [-0.3, -0.25) is 9.69 Å². The highest BCUT2D eigenvalue weighted by Crippen LogP contribution is 2.32. The molecule has 3 aromatic rings. The SMILES string of the molecule is O=C1c2ccccc2CN1c1cccc(-c2nnc3n2[C@H](CO)CC3)n1.S.